The van der Waals surface area contributed by atoms with Crippen LogP contribution in [0.3, 0.4) is 0 Å². The Morgan fingerprint density at radius 2 is 1.92 bits per heavy atom. The molecule has 1 N–H and O–H groups in total. The predicted molar refractivity (Wildman–Crippen MR) is 89.8 cm³/mol. The minimum Gasteiger partial charge on any atom is -0.480 e. The van der Waals surface area contributed by atoms with Crippen LogP contribution in [0, 0.1) is 0 Å². The highest BCUT2D eigenvalue weighted by Crippen LogP contribution is 2.12. The number of nitrogens with zero attached hydrogens (tertiary/aromatic N) is 4. The number of ether oxygens (including phenoxy) is 1. The number of aliphatic carboxylic acids is 1. The van der Waals surface area contributed by atoms with Gasteiger partial charge in [-0.05, 0) is 26.3 Å². The highest BCUT2D eigenvalue weighted by molar-refractivity contribution is 5.76. The van der Waals surface area contributed by atoms with Crippen LogP contribution in [0.5, 0.6) is 0 Å². The summed E-state index contributed by atoms with van der Waals surface area (Å²) in [5.74, 6) is -1.12. The Labute approximate surface area is 146 Å². The Hall–Kier alpha value is -2.90. The third-order valence-electron chi connectivity index (χ3n) is 3.10. The molecule has 0 bridgehead atoms. The fourth-order valence-electron chi connectivity index (χ4n) is 2.13. The van der Waals surface area contributed by atoms with Crippen LogP contribution in [-0.2, 0) is 22.6 Å². The molecule has 25 heavy (non-hydrogen) atoms. The molecule has 0 fully saturated rings. The number of carbonyl (C=O) groups is 2. The molecule has 0 atom stereocenters. The average molecular weight is 346 g/mol. The van der Waals surface area contributed by atoms with Crippen molar-refractivity contribution in [1.82, 2.24) is 19.9 Å². The Balaban J connectivity index is 2.05. The first-order valence-corrected chi connectivity index (χ1v) is 7.85. The molecule has 0 aliphatic rings. The fraction of sp³-hybridized carbons (Fsp3) is 0.412. The van der Waals surface area contributed by atoms with Gasteiger partial charge in [-0.25, -0.2) is 9.48 Å². The van der Waals surface area contributed by atoms with E-state index >= 15 is 0 Å². The van der Waals surface area contributed by atoms with E-state index in [-0.39, 0.29) is 6.54 Å². The topological polar surface area (TPSA) is 97.6 Å². The molecule has 1 aromatic carbocycles. The summed E-state index contributed by atoms with van der Waals surface area (Å²) in [7, 11) is 0. The molecule has 1 heterocycles. The van der Waals surface area contributed by atoms with Crippen molar-refractivity contribution >= 4 is 12.1 Å². The van der Waals surface area contributed by atoms with E-state index in [2.05, 4.69) is 10.3 Å². The number of carbonyl (C=O) groups excluding carboxylic acids is 1. The van der Waals surface area contributed by atoms with Crippen LogP contribution in [0.1, 0.15) is 32.0 Å². The zero-order valence-corrected chi connectivity index (χ0v) is 14.5. The van der Waals surface area contributed by atoms with Crippen molar-refractivity contribution < 1.29 is 19.4 Å². The first-order chi connectivity index (χ1) is 11.7. The van der Waals surface area contributed by atoms with Gasteiger partial charge < -0.3 is 9.84 Å². The second kappa shape index (κ2) is 7.78. The van der Waals surface area contributed by atoms with Gasteiger partial charge in [0.25, 0.3) is 0 Å². The Morgan fingerprint density at radius 1 is 1.24 bits per heavy atom. The van der Waals surface area contributed by atoms with E-state index in [0.717, 1.165) is 10.5 Å². The molecular formula is C17H22N4O4. The number of rotatable bonds is 6. The normalized spacial score (nSPS) is 11.2. The van der Waals surface area contributed by atoms with Gasteiger partial charge in [-0.15, -0.1) is 5.10 Å². The van der Waals surface area contributed by atoms with E-state index in [1.807, 2.05) is 30.3 Å². The van der Waals surface area contributed by atoms with Gasteiger partial charge in [-0.2, -0.15) is 0 Å². The number of carboxylic acid groups (broad SMARTS) is 1. The van der Waals surface area contributed by atoms with E-state index < -0.39 is 24.2 Å². The number of aromatic nitrogens is 3. The molecule has 0 aliphatic carbocycles. The molecule has 0 radical (unpaired) electrons. The van der Waals surface area contributed by atoms with E-state index in [1.165, 1.54) is 0 Å². The summed E-state index contributed by atoms with van der Waals surface area (Å²) in [6.45, 7) is 5.25. The van der Waals surface area contributed by atoms with Crippen molar-refractivity contribution in [2.75, 3.05) is 6.54 Å². The number of hydrogen-bond donors (Lipinski definition) is 1. The van der Waals surface area contributed by atoms with Crippen molar-refractivity contribution in [2.24, 2.45) is 0 Å². The average Bonchev–Trinajstić information content (AvgIpc) is 2.92. The molecule has 0 saturated carbocycles. The minimum absolute atomic E-state index is 0.00992. The van der Waals surface area contributed by atoms with Gasteiger partial charge in [0.05, 0.1) is 19.3 Å². The van der Waals surface area contributed by atoms with E-state index in [1.54, 1.807) is 31.6 Å². The Kier molecular flexibility index (Phi) is 5.74. The second-order valence-electron chi connectivity index (χ2n) is 6.62. The molecule has 0 unspecified atom stereocenters. The molecule has 0 aliphatic heterocycles. The molecule has 2 rings (SSSR count). The summed E-state index contributed by atoms with van der Waals surface area (Å²) >= 11 is 0. The number of carboxylic acids is 1. The van der Waals surface area contributed by atoms with Gasteiger partial charge in [0.2, 0.25) is 0 Å². The highest BCUT2D eigenvalue weighted by atomic mass is 16.6. The van der Waals surface area contributed by atoms with Crippen molar-refractivity contribution in [3.8, 4) is 0 Å². The van der Waals surface area contributed by atoms with Gasteiger partial charge in [-0.3, -0.25) is 9.69 Å². The summed E-state index contributed by atoms with van der Waals surface area (Å²) in [6, 6.07) is 9.74. The number of hydrogen-bond acceptors (Lipinski definition) is 5. The third kappa shape index (κ3) is 6.25. The SMILES string of the molecule is CC(C)(C)OC(=O)N(CC(=O)O)Cc1cn(Cc2ccccc2)nn1. The molecule has 134 valence electrons. The van der Waals surface area contributed by atoms with Gasteiger partial charge in [0.15, 0.2) is 0 Å². The Morgan fingerprint density at radius 3 is 2.52 bits per heavy atom. The van der Waals surface area contributed by atoms with Gasteiger partial charge >= 0.3 is 12.1 Å². The molecule has 0 saturated heterocycles. The molecule has 2 aromatic rings. The lowest BCUT2D eigenvalue weighted by atomic mass is 10.2. The lowest BCUT2D eigenvalue weighted by molar-refractivity contribution is -0.138. The van der Waals surface area contributed by atoms with Gasteiger partial charge in [-0.1, -0.05) is 35.5 Å². The van der Waals surface area contributed by atoms with E-state index in [0.29, 0.717) is 12.2 Å². The quantitative estimate of drug-likeness (QED) is 0.861. The fourth-order valence-corrected chi connectivity index (χ4v) is 2.13. The van der Waals surface area contributed by atoms with Crippen LogP contribution in [0.2, 0.25) is 0 Å². The van der Waals surface area contributed by atoms with Crippen molar-refractivity contribution in [3.05, 3.63) is 47.8 Å². The van der Waals surface area contributed by atoms with Crippen molar-refractivity contribution in [2.45, 2.75) is 39.5 Å². The molecular weight excluding hydrogens is 324 g/mol. The van der Waals surface area contributed by atoms with Gasteiger partial charge in [0, 0.05) is 0 Å². The number of amides is 1. The first-order valence-electron chi connectivity index (χ1n) is 7.85. The smallest absolute Gasteiger partial charge is 0.411 e. The minimum atomic E-state index is -1.12. The highest BCUT2D eigenvalue weighted by Gasteiger charge is 2.24. The molecule has 0 spiro atoms. The monoisotopic (exact) mass is 346 g/mol. The van der Waals surface area contributed by atoms with Crippen LogP contribution in [0.15, 0.2) is 36.5 Å². The molecule has 8 heteroatoms. The molecule has 8 nitrogen and oxygen atoms in total. The third-order valence-corrected chi connectivity index (χ3v) is 3.10. The maximum atomic E-state index is 12.2. The standard InChI is InChI=1S/C17H22N4O4/c1-17(2,3)25-16(24)20(12-15(22)23)10-14-11-21(19-18-14)9-13-7-5-4-6-8-13/h4-8,11H,9-10,12H2,1-3H3,(H,22,23). The van der Waals surface area contributed by atoms with Crippen LogP contribution in [0.25, 0.3) is 0 Å². The van der Waals surface area contributed by atoms with Crippen LogP contribution in [-0.4, -0.2) is 49.2 Å². The van der Waals surface area contributed by atoms with Crippen molar-refractivity contribution in [1.29, 1.82) is 0 Å². The summed E-state index contributed by atoms with van der Waals surface area (Å²) in [5.41, 5.74) is 0.843. The molecule has 1 amide bonds. The van der Waals surface area contributed by atoms with E-state index in [4.69, 9.17) is 9.84 Å². The second-order valence-corrected chi connectivity index (χ2v) is 6.62. The predicted octanol–water partition coefficient (Wildman–Crippen LogP) is 2.15. The van der Waals surface area contributed by atoms with Crippen LogP contribution < -0.4 is 0 Å². The lowest BCUT2D eigenvalue weighted by Crippen LogP contribution is -2.39. The van der Waals surface area contributed by atoms with Gasteiger partial charge in [0.1, 0.15) is 17.8 Å². The zero-order chi connectivity index (χ0) is 18.4. The zero-order valence-electron chi connectivity index (χ0n) is 14.5. The first kappa shape index (κ1) is 18.4. The van der Waals surface area contributed by atoms with E-state index in [9.17, 15) is 9.59 Å². The lowest BCUT2D eigenvalue weighted by Gasteiger charge is -2.25. The van der Waals surface area contributed by atoms with Crippen LogP contribution >= 0.6 is 0 Å². The Bertz CT molecular complexity index is 722. The summed E-state index contributed by atoms with van der Waals surface area (Å²) in [4.78, 5) is 24.3. The summed E-state index contributed by atoms with van der Waals surface area (Å²) < 4.78 is 6.88. The van der Waals surface area contributed by atoms with Crippen molar-refractivity contribution in [3.63, 3.8) is 0 Å². The number of benzene rings is 1. The molecule has 1 aromatic heterocycles. The maximum absolute atomic E-state index is 12.2. The maximum Gasteiger partial charge on any atom is 0.411 e. The summed E-state index contributed by atoms with van der Waals surface area (Å²) in [6.07, 6.45) is 0.985. The largest absolute Gasteiger partial charge is 0.480 e. The summed E-state index contributed by atoms with van der Waals surface area (Å²) in [5, 5.41) is 17.0. The van der Waals surface area contributed by atoms with Crippen LogP contribution in [0.4, 0.5) is 4.79 Å².